The van der Waals surface area contributed by atoms with Gasteiger partial charge in [0.15, 0.2) is 0 Å². The number of nitrogens with two attached hydrogens (primary N) is 1. The van der Waals surface area contributed by atoms with E-state index in [4.69, 9.17) is 5.73 Å². The summed E-state index contributed by atoms with van der Waals surface area (Å²) in [4.78, 5) is 14.4. The zero-order chi connectivity index (χ0) is 14.4. The zero-order valence-corrected chi connectivity index (χ0v) is 12.1. The lowest BCUT2D eigenvalue weighted by Crippen LogP contribution is -2.14. The molecule has 0 aliphatic carbocycles. The molecule has 0 spiro atoms. The van der Waals surface area contributed by atoms with Crippen molar-refractivity contribution in [2.24, 2.45) is 10.7 Å². The number of halogens is 1. The van der Waals surface area contributed by atoms with E-state index in [9.17, 15) is 10.1 Å². The Bertz CT molecular complexity index is 613. The highest BCUT2D eigenvalue weighted by Crippen LogP contribution is 2.11. The normalized spacial score (nSPS) is 10.8. The lowest BCUT2D eigenvalue weighted by atomic mass is 10.1. The molecule has 0 saturated carbocycles. The fraction of sp³-hybridized carbons (Fsp3) is 0.133. The van der Waals surface area contributed by atoms with Crippen molar-refractivity contribution in [1.29, 1.82) is 0 Å². The van der Waals surface area contributed by atoms with Crippen LogP contribution in [0.25, 0.3) is 0 Å². The first kappa shape index (κ1) is 16.7. The summed E-state index contributed by atoms with van der Waals surface area (Å²) >= 11 is 0. The molecule has 2 aromatic carbocycles. The first-order valence-electron chi connectivity index (χ1n) is 6.25. The molecule has 0 saturated heterocycles. The Morgan fingerprint density at radius 3 is 2.29 bits per heavy atom. The van der Waals surface area contributed by atoms with Gasteiger partial charge in [0.1, 0.15) is 5.84 Å². The Kier molecular flexibility index (Phi) is 6.36. The fourth-order valence-corrected chi connectivity index (χ4v) is 1.80. The van der Waals surface area contributed by atoms with Gasteiger partial charge >= 0.3 is 0 Å². The standard InChI is InChI=1S/C15H15N3O2.ClH/c16-15(13-6-8-14(9-7-13)18(19)20)17-11-10-12-4-2-1-3-5-12;/h1-9H,10-11H2,(H2,16,17);1H. The SMILES string of the molecule is Cl.NC(=NCCc1ccccc1)c1ccc([N+](=O)[O-])cc1. The molecule has 0 fully saturated rings. The molecular weight excluding hydrogens is 290 g/mol. The smallest absolute Gasteiger partial charge is 0.269 e. The molecule has 2 rings (SSSR count). The number of nitro benzene ring substituents is 1. The summed E-state index contributed by atoms with van der Waals surface area (Å²) in [7, 11) is 0. The maximum absolute atomic E-state index is 10.6. The predicted octanol–water partition coefficient (Wildman–Crippen LogP) is 2.96. The summed E-state index contributed by atoms with van der Waals surface area (Å²) < 4.78 is 0. The number of nitrogens with zero attached hydrogens (tertiary/aromatic N) is 2. The Morgan fingerprint density at radius 2 is 1.71 bits per heavy atom. The van der Waals surface area contributed by atoms with Crippen LogP contribution in [-0.2, 0) is 6.42 Å². The third-order valence-corrected chi connectivity index (χ3v) is 2.90. The summed E-state index contributed by atoms with van der Waals surface area (Å²) in [6.45, 7) is 0.590. The number of amidine groups is 1. The average molecular weight is 306 g/mol. The van der Waals surface area contributed by atoms with Crippen LogP contribution in [0.4, 0.5) is 5.69 Å². The number of hydrogen-bond acceptors (Lipinski definition) is 3. The van der Waals surface area contributed by atoms with Gasteiger partial charge in [0.2, 0.25) is 0 Å². The summed E-state index contributed by atoms with van der Waals surface area (Å²) in [5.74, 6) is 0.399. The van der Waals surface area contributed by atoms with E-state index in [1.807, 2.05) is 30.3 Å². The number of hydrogen-bond donors (Lipinski definition) is 1. The summed E-state index contributed by atoms with van der Waals surface area (Å²) in [6.07, 6.45) is 0.814. The van der Waals surface area contributed by atoms with Crippen LogP contribution in [0.3, 0.4) is 0 Å². The van der Waals surface area contributed by atoms with Crippen molar-refractivity contribution in [2.45, 2.75) is 6.42 Å². The number of non-ortho nitro benzene ring substituents is 1. The number of rotatable bonds is 5. The largest absolute Gasteiger partial charge is 0.384 e. The summed E-state index contributed by atoms with van der Waals surface area (Å²) in [5.41, 5.74) is 7.81. The second-order valence-electron chi connectivity index (χ2n) is 4.31. The Morgan fingerprint density at radius 1 is 1.10 bits per heavy atom. The van der Waals surface area contributed by atoms with Crippen LogP contribution in [-0.4, -0.2) is 17.3 Å². The molecule has 0 radical (unpaired) electrons. The quantitative estimate of drug-likeness (QED) is 0.399. The highest BCUT2D eigenvalue weighted by Gasteiger charge is 2.05. The van der Waals surface area contributed by atoms with Gasteiger partial charge in [-0.05, 0) is 24.1 Å². The van der Waals surface area contributed by atoms with Crippen LogP contribution >= 0.6 is 12.4 Å². The van der Waals surface area contributed by atoms with E-state index in [1.54, 1.807) is 12.1 Å². The van der Waals surface area contributed by atoms with Crippen molar-refractivity contribution in [3.63, 3.8) is 0 Å². The third-order valence-electron chi connectivity index (χ3n) is 2.90. The van der Waals surface area contributed by atoms with Gasteiger partial charge in [-0.15, -0.1) is 12.4 Å². The van der Waals surface area contributed by atoms with Gasteiger partial charge < -0.3 is 5.73 Å². The predicted molar refractivity (Wildman–Crippen MR) is 86.1 cm³/mol. The first-order chi connectivity index (χ1) is 9.66. The van der Waals surface area contributed by atoms with Crippen LogP contribution < -0.4 is 5.73 Å². The van der Waals surface area contributed by atoms with Crippen molar-refractivity contribution >= 4 is 23.9 Å². The van der Waals surface area contributed by atoms with Gasteiger partial charge in [-0.3, -0.25) is 15.1 Å². The van der Waals surface area contributed by atoms with E-state index < -0.39 is 4.92 Å². The molecule has 2 aromatic rings. The van der Waals surface area contributed by atoms with Gasteiger partial charge in [-0.1, -0.05) is 30.3 Å². The van der Waals surface area contributed by atoms with Crippen molar-refractivity contribution in [3.8, 4) is 0 Å². The van der Waals surface area contributed by atoms with E-state index in [0.29, 0.717) is 17.9 Å². The zero-order valence-electron chi connectivity index (χ0n) is 11.3. The topological polar surface area (TPSA) is 81.5 Å². The molecule has 6 heteroatoms. The van der Waals surface area contributed by atoms with Crippen molar-refractivity contribution in [2.75, 3.05) is 6.54 Å². The van der Waals surface area contributed by atoms with Gasteiger partial charge in [-0.25, -0.2) is 0 Å². The molecule has 5 nitrogen and oxygen atoms in total. The molecule has 2 N–H and O–H groups in total. The van der Waals surface area contributed by atoms with Gasteiger partial charge in [0, 0.05) is 24.2 Å². The minimum atomic E-state index is -0.438. The summed E-state index contributed by atoms with van der Waals surface area (Å²) in [5, 5.41) is 10.6. The van der Waals surface area contributed by atoms with E-state index in [0.717, 1.165) is 6.42 Å². The molecule has 21 heavy (non-hydrogen) atoms. The number of benzene rings is 2. The fourth-order valence-electron chi connectivity index (χ4n) is 1.80. The Hall–Kier alpha value is -2.40. The maximum atomic E-state index is 10.6. The molecule has 0 amide bonds. The summed E-state index contributed by atoms with van der Waals surface area (Å²) in [6, 6.07) is 16.1. The van der Waals surface area contributed by atoms with E-state index in [1.165, 1.54) is 17.7 Å². The Labute approximate surface area is 129 Å². The number of nitro groups is 1. The molecule has 0 aromatic heterocycles. The van der Waals surface area contributed by atoms with Crippen LogP contribution in [0, 0.1) is 10.1 Å². The van der Waals surface area contributed by atoms with Crippen LogP contribution in [0.5, 0.6) is 0 Å². The highest BCUT2D eigenvalue weighted by atomic mass is 35.5. The molecule has 0 atom stereocenters. The monoisotopic (exact) mass is 305 g/mol. The molecule has 0 aliphatic rings. The van der Waals surface area contributed by atoms with E-state index >= 15 is 0 Å². The average Bonchev–Trinajstić information content (AvgIpc) is 2.48. The van der Waals surface area contributed by atoms with Gasteiger partial charge in [-0.2, -0.15) is 0 Å². The second-order valence-corrected chi connectivity index (χ2v) is 4.31. The highest BCUT2D eigenvalue weighted by molar-refractivity contribution is 5.97. The molecule has 0 unspecified atom stereocenters. The van der Waals surface area contributed by atoms with Crippen molar-refractivity contribution < 1.29 is 4.92 Å². The number of aliphatic imine (C=N–C) groups is 1. The molecular formula is C15H16ClN3O2. The van der Waals surface area contributed by atoms with Gasteiger partial charge in [0.25, 0.3) is 5.69 Å². The molecule has 0 heterocycles. The second kappa shape index (κ2) is 8.01. The first-order valence-corrected chi connectivity index (χ1v) is 6.25. The minimum Gasteiger partial charge on any atom is -0.384 e. The Balaban J connectivity index is 0.00000220. The van der Waals surface area contributed by atoms with Crippen LogP contribution in [0.15, 0.2) is 59.6 Å². The molecule has 0 bridgehead atoms. The van der Waals surface area contributed by atoms with E-state index in [-0.39, 0.29) is 18.1 Å². The molecule has 110 valence electrons. The van der Waals surface area contributed by atoms with Crippen molar-refractivity contribution in [1.82, 2.24) is 0 Å². The van der Waals surface area contributed by atoms with Crippen molar-refractivity contribution in [3.05, 3.63) is 75.8 Å². The van der Waals surface area contributed by atoms with Gasteiger partial charge in [0.05, 0.1) is 4.92 Å². The minimum absolute atomic E-state index is 0. The lowest BCUT2D eigenvalue weighted by Gasteiger charge is -2.02. The van der Waals surface area contributed by atoms with Crippen LogP contribution in [0.2, 0.25) is 0 Å². The maximum Gasteiger partial charge on any atom is 0.269 e. The van der Waals surface area contributed by atoms with Crippen LogP contribution in [0.1, 0.15) is 11.1 Å². The molecule has 0 aliphatic heterocycles. The van der Waals surface area contributed by atoms with E-state index in [2.05, 4.69) is 4.99 Å². The third kappa shape index (κ3) is 4.89. The lowest BCUT2D eigenvalue weighted by molar-refractivity contribution is -0.384.